The van der Waals surface area contributed by atoms with Gasteiger partial charge in [-0.25, -0.2) is 13.6 Å². The second kappa shape index (κ2) is 11.2. The topological polar surface area (TPSA) is 123 Å². The molecule has 2 N–H and O–H groups in total. The van der Waals surface area contributed by atoms with Crippen LogP contribution in [0.25, 0.3) is 0 Å². The molecular weight excluding hydrogens is 442 g/mol. The molecule has 2 atom stereocenters. The molecule has 1 heterocycles. The van der Waals surface area contributed by atoms with Crippen molar-refractivity contribution < 1.29 is 32.8 Å². The summed E-state index contributed by atoms with van der Waals surface area (Å²) in [5.74, 6) is -2.03. The summed E-state index contributed by atoms with van der Waals surface area (Å²) in [6, 6.07) is 0.524. The average molecular weight is 472 g/mol. The van der Waals surface area contributed by atoms with Crippen molar-refractivity contribution in [2.24, 2.45) is 0 Å². The van der Waals surface area contributed by atoms with Crippen molar-refractivity contribution in [3.8, 4) is 0 Å². The number of nitrogens with one attached hydrogen (secondary N) is 2. The maximum absolute atomic E-state index is 14.6. The van der Waals surface area contributed by atoms with Crippen molar-refractivity contribution in [3.05, 3.63) is 33.6 Å². The minimum absolute atomic E-state index is 0.0461. The molecule has 184 valence electrons. The fourth-order valence-electron chi connectivity index (χ4n) is 3.23. The zero-order chi connectivity index (χ0) is 24.8. The molecule has 2 rings (SSSR count). The van der Waals surface area contributed by atoms with Gasteiger partial charge in [0.05, 0.1) is 23.1 Å². The molecule has 1 aliphatic heterocycles. The smallest absolute Gasteiger partial charge is 0.410 e. The number of carbonyl (C=O) groups is 2. The molecule has 0 unspecified atom stereocenters. The van der Waals surface area contributed by atoms with E-state index in [9.17, 15) is 28.5 Å². The molecule has 1 saturated heterocycles. The van der Waals surface area contributed by atoms with E-state index in [2.05, 4.69) is 10.6 Å². The Morgan fingerprint density at radius 1 is 1.33 bits per heavy atom. The average Bonchev–Trinajstić information content (AvgIpc) is 2.71. The van der Waals surface area contributed by atoms with Crippen LogP contribution in [0.3, 0.4) is 0 Å². The number of benzene rings is 1. The van der Waals surface area contributed by atoms with Crippen LogP contribution in [0.1, 0.15) is 44.5 Å². The number of hydrogen-bond acceptors (Lipinski definition) is 7. The van der Waals surface area contributed by atoms with Crippen molar-refractivity contribution in [1.82, 2.24) is 10.2 Å². The molecule has 2 amide bonds. The maximum Gasteiger partial charge on any atom is 0.410 e. The van der Waals surface area contributed by atoms with Crippen LogP contribution < -0.4 is 10.6 Å². The summed E-state index contributed by atoms with van der Waals surface area (Å²) in [7, 11) is 0. The van der Waals surface area contributed by atoms with E-state index in [0.717, 1.165) is 12.1 Å². The van der Waals surface area contributed by atoms with Gasteiger partial charge in [-0.1, -0.05) is 0 Å². The summed E-state index contributed by atoms with van der Waals surface area (Å²) in [5.41, 5.74) is -1.96. The number of halogens is 2. The molecule has 10 nitrogen and oxygen atoms in total. The van der Waals surface area contributed by atoms with Gasteiger partial charge >= 0.3 is 6.09 Å². The predicted octanol–water partition coefficient (Wildman–Crippen LogP) is 3.26. The fraction of sp³-hybridized carbons (Fsp3) is 0.619. The summed E-state index contributed by atoms with van der Waals surface area (Å²) >= 11 is 0. The number of piperidine rings is 1. The van der Waals surface area contributed by atoms with Crippen LogP contribution in [-0.2, 0) is 9.47 Å². The molecule has 1 fully saturated rings. The van der Waals surface area contributed by atoms with Crippen molar-refractivity contribution in [3.63, 3.8) is 0 Å². The van der Waals surface area contributed by atoms with E-state index >= 15 is 0 Å². The first-order valence-electron chi connectivity index (χ1n) is 10.6. The first-order chi connectivity index (χ1) is 15.4. The second-order valence-electron chi connectivity index (χ2n) is 8.54. The van der Waals surface area contributed by atoms with E-state index in [-0.39, 0.29) is 38.3 Å². The van der Waals surface area contributed by atoms with Crippen LogP contribution in [0.5, 0.6) is 0 Å². The van der Waals surface area contributed by atoms with Crippen LogP contribution in [0.4, 0.5) is 25.0 Å². The Hall–Kier alpha value is -3.02. The summed E-state index contributed by atoms with van der Waals surface area (Å²) in [6.45, 7) is 7.70. The molecule has 1 aromatic carbocycles. The van der Waals surface area contributed by atoms with E-state index in [4.69, 9.17) is 9.47 Å². The van der Waals surface area contributed by atoms with Crippen molar-refractivity contribution in [2.45, 2.75) is 51.9 Å². The van der Waals surface area contributed by atoms with Crippen molar-refractivity contribution >= 4 is 23.4 Å². The largest absolute Gasteiger partial charge is 0.444 e. The Bertz CT molecular complexity index is 877. The minimum atomic E-state index is -1.48. The van der Waals surface area contributed by atoms with E-state index in [1.165, 1.54) is 4.90 Å². The number of amides is 2. The fourth-order valence-corrected chi connectivity index (χ4v) is 3.23. The number of carbonyl (C=O) groups excluding carboxylic acids is 2. The van der Waals surface area contributed by atoms with Gasteiger partial charge in [0.15, 0.2) is 0 Å². The first kappa shape index (κ1) is 26.2. The molecule has 0 spiro atoms. The summed E-state index contributed by atoms with van der Waals surface area (Å²) in [4.78, 5) is 36.9. The normalized spacial score (nSPS) is 18.5. The number of rotatable bonds is 8. The summed E-state index contributed by atoms with van der Waals surface area (Å²) in [6.07, 6.45) is -2.18. The molecule has 1 aliphatic rings. The van der Waals surface area contributed by atoms with Crippen LogP contribution in [-0.4, -0.2) is 72.5 Å². The quantitative estimate of drug-likeness (QED) is 0.338. The van der Waals surface area contributed by atoms with E-state index in [1.807, 2.05) is 0 Å². The Balaban J connectivity index is 2.15. The third kappa shape index (κ3) is 7.52. The Morgan fingerprint density at radius 3 is 2.64 bits per heavy atom. The van der Waals surface area contributed by atoms with Gasteiger partial charge in [0.1, 0.15) is 23.3 Å². The lowest BCUT2D eigenvalue weighted by Gasteiger charge is -2.36. The monoisotopic (exact) mass is 472 g/mol. The van der Waals surface area contributed by atoms with Gasteiger partial charge in [0, 0.05) is 38.4 Å². The van der Waals surface area contributed by atoms with Gasteiger partial charge < -0.3 is 25.0 Å². The number of nitro benzene ring substituents is 1. The highest BCUT2D eigenvalue weighted by Gasteiger charge is 2.35. The molecule has 1 aromatic rings. The van der Waals surface area contributed by atoms with Gasteiger partial charge in [-0.3, -0.25) is 14.9 Å². The molecule has 0 aromatic heterocycles. The molecule has 33 heavy (non-hydrogen) atoms. The highest BCUT2D eigenvalue weighted by Crippen LogP contribution is 2.28. The van der Waals surface area contributed by atoms with Crippen molar-refractivity contribution in [1.29, 1.82) is 0 Å². The van der Waals surface area contributed by atoms with Crippen LogP contribution in [0.2, 0.25) is 0 Å². The highest BCUT2D eigenvalue weighted by atomic mass is 19.1. The Kier molecular flexibility index (Phi) is 8.91. The zero-order valence-electron chi connectivity index (χ0n) is 19.2. The third-order valence-electron chi connectivity index (χ3n) is 4.79. The molecular formula is C21H30F2N4O6. The van der Waals surface area contributed by atoms with Crippen LogP contribution in [0.15, 0.2) is 12.1 Å². The van der Waals surface area contributed by atoms with E-state index in [1.54, 1.807) is 27.7 Å². The number of likely N-dealkylation sites (tertiary alicyclic amines) is 1. The lowest BCUT2D eigenvalue weighted by molar-refractivity contribution is -0.384. The predicted molar refractivity (Wildman–Crippen MR) is 117 cm³/mol. The molecule has 0 bridgehead atoms. The third-order valence-corrected chi connectivity index (χ3v) is 4.79. The van der Waals surface area contributed by atoms with Crippen molar-refractivity contribution in [2.75, 3.05) is 38.2 Å². The number of nitrogens with zero attached hydrogens (tertiary/aromatic N) is 2. The van der Waals surface area contributed by atoms with Gasteiger partial charge in [0.25, 0.3) is 11.6 Å². The number of anilines is 1. The van der Waals surface area contributed by atoms with Gasteiger partial charge in [-0.05, 0) is 34.1 Å². The standard InChI is InChI=1S/C21H30F2N4O6/c1-5-32-9-7-24-16-11-15(23)13(10-18(16)27(30)31)19(28)25-17-12-26(8-6-14(17)22)20(29)33-21(2,3)4/h10-11,14,17,24H,5-9,12H2,1-4H3,(H,25,28)/t14-,17-/m0/s1. The first-order valence-corrected chi connectivity index (χ1v) is 10.6. The van der Waals surface area contributed by atoms with Gasteiger partial charge in [-0.15, -0.1) is 0 Å². The molecule has 0 aliphatic carbocycles. The summed E-state index contributed by atoms with van der Waals surface area (Å²) in [5, 5.41) is 16.5. The van der Waals surface area contributed by atoms with Crippen LogP contribution in [0, 0.1) is 15.9 Å². The zero-order valence-corrected chi connectivity index (χ0v) is 19.2. The number of hydrogen-bond donors (Lipinski definition) is 2. The SMILES string of the molecule is CCOCCNc1cc(F)c(C(=O)N[C@H]2CN(C(=O)OC(C)(C)C)CC[C@@H]2F)cc1[N+](=O)[O-]. The number of alkyl halides is 1. The molecule has 12 heteroatoms. The Morgan fingerprint density at radius 2 is 2.03 bits per heavy atom. The van der Waals surface area contributed by atoms with Gasteiger partial charge in [0.2, 0.25) is 0 Å². The lowest BCUT2D eigenvalue weighted by atomic mass is 10.0. The molecule has 0 radical (unpaired) electrons. The highest BCUT2D eigenvalue weighted by molar-refractivity contribution is 5.96. The Labute approximate surface area is 190 Å². The van der Waals surface area contributed by atoms with E-state index < -0.39 is 51.8 Å². The number of nitro groups is 1. The lowest BCUT2D eigenvalue weighted by Crippen LogP contribution is -2.55. The molecule has 0 saturated carbocycles. The maximum atomic E-state index is 14.6. The number of ether oxygens (including phenoxy) is 2. The van der Waals surface area contributed by atoms with E-state index in [0.29, 0.717) is 6.61 Å². The second-order valence-corrected chi connectivity index (χ2v) is 8.54. The minimum Gasteiger partial charge on any atom is -0.444 e. The summed E-state index contributed by atoms with van der Waals surface area (Å²) < 4.78 is 39.5. The van der Waals surface area contributed by atoms with Crippen LogP contribution >= 0.6 is 0 Å². The van der Waals surface area contributed by atoms with Gasteiger partial charge in [-0.2, -0.15) is 0 Å².